The number of hydrogen-bond acceptors (Lipinski definition) is 3. The average molecular weight is 373 g/mol. The zero-order chi connectivity index (χ0) is 18.4. The normalized spacial score (nSPS) is 14.4. The third kappa shape index (κ3) is 4.99. The first-order valence-electron chi connectivity index (χ1n) is 9.16. The molecule has 1 aliphatic rings. The molecule has 0 bridgehead atoms. The lowest BCUT2D eigenvalue weighted by Crippen LogP contribution is -2.23. The molecule has 1 fully saturated rings. The van der Waals surface area contributed by atoms with E-state index in [1.807, 2.05) is 6.92 Å². The van der Waals surface area contributed by atoms with Crippen molar-refractivity contribution in [1.29, 1.82) is 0 Å². The minimum Gasteiger partial charge on any atom is -0.492 e. The Kier molecular flexibility index (Phi) is 6.53. The van der Waals surface area contributed by atoms with Crippen LogP contribution in [0.2, 0.25) is 5.02 Å². The molecule has 1 amide bonds. The molecule has 26 heavy (non-hydrogen) atoms. The summed E-state index contributed by atoms with van der Waals surface area (Å²) in [5, 5.41) is 3.39. The summed E-state index contributed by atoms with van der Waals surface area (Å²) >= 11 is 6.15. The molecule has 0 aromatic heterocycles. The van der Waals surface area contributed by atoms with Crippen molar-refractivity contribution in [3.05, 3.63) is 64.2 Å². The Bertz CT molecular complexity index is 740. The summed E-state index contributed by atoms with van der Waals surface area (Å²) in [6.07, 6.45) is 2.61. The number of hydrogen-bond donors (Lipinski definition) is 1. The van der Waals surface area contributed by atoms with Crippen LogP contribution in [0.3, 0.4) is 0 Å². The van der Waals surface area contributed by atoms with E-state index in [0.29, 0.717) is 29.5 Å². The van der Waals surface area contributed by atoms with Crippen LogP contribution in [0.1, 0.15) is 41.3 Å². The smallest absolute Gasteiger partial charge is 0.251 e. The first-order valence-corrected chi connectivity index (χ1v) is 9.54. The second-order valence-corrected chi connectivity index (χ2v) is 6.97. The Morgan fingerprint density at radius 3 is 2.46 bits per heavy atom. The second kappa shape index (κ2) is 9.06. The van der Waals surface area contributed by atoms with Crippen LogP contribution in [0.5, 0.6) is 5.75 Å². The van der Waals surface area contributed by atoms with Crippen molar-refractivity contribution in [3.63, 3.8) is 0 Å². The number of carbonyl (C=O) groups excluding carboxylic acids is 1. The number of amides is 1. The van der Waals surface area contributed by atoms with Crippen molar-refractivity contribution in [2.45, 2.75) is 32.9 Å². The molecule has 0 radical (unpaired) electrons. The van der Waals surface area contributed by atoms with E-state index >= 15 is 0 Å². The largest absolute Gasteiger partial charge is 0.492 e. The molecule has 0 aliphatic carbocycles. The van der Waals surface area contributed by atoms with Gasteiger partial charge in [-0.05, 0) is 62.2 Å². The van der Waals surface area contributed by atoms with E-state index in [4.69, 9.17) is 16.3 Å². The molecule has 2 aromatic rings. The highest BCUT2D eigenvalue weighted by Gasteiger charge is 2.12. The van der Waals surface area contributed by atoms with Crippen molar-refractivity contribution < 1.29 is 9.53 Å². The first-order chi connectivity index (χ1) is 12.7. The fraction of sp³-hybridized carbons (Fsp3) is 0.381. The summed E-state index contributed by atoms with van der Waals surface area (Å²) in [4.78, 5) is 14.8. The van der Waals surface area contributed by atoms with E-state index in [2.05, 4.69) is 34.5 Å². The van der Waals surface area contributed by atoms with Gasteiger partial charge in [0.2, 0.25) is 0 Å². The standard InChI is InChI=1S/C21H25ClN2O2/c1-2-26-20-10-9-18(13-19(20)22)21(25)23-14-16-5-7-17(8-6-16)15-24-11-3-4-12-24/h5-10,13H,2-4,11-12,14-15H2,1H3,(H,23,25). The van der Waals surface area contributed by atoms with Gasteiger partial charge in [0, 0.05) is 18.7 Å². The molecule has 0 unspecified atom stereocenters. The summed E-state index contributed by atoms with van der Waals surface area (Å²) in [6, 6.07) is 13.6. The molecule has 2 aromatic carbocycles. The molecule has 0 atom stereocenters. The highest BCUT2D eigenvalue weighted by Crippen LogP contribution is 2.25. The Morgan fingerprint density at radius 1 is 1.12 bits per heavy atom. The topological polar surface area (TPSA) is 41.6 Å². The fourth-order valence-electron chi connectivity index (χ4n) is 3.16. The number of nitrogens with one attached hydrogen (secondary N) is 1. The van der Waals surface area contributed by atoms with Gasteiger partial charge < -0.3 is 10.1 Å². The van der Waals surface area contributed by atoms with Gasteiger partial charge in [-0.25, -0.2) is 0 Å². The van der Waals surface area contributed by atoms with E-state index in [1.165, 1.54) is 31.5 Å². The zero-order valence-electron chi connectivity index (χ0n) is 15.1. The maximum Gasteiger partial charge on any atom is 0.251 e. The highest BCUT2D eigenvalue weighted by molar-refractivity contribution is 6.32. The van der Waals surface area contributed by atoms with Gasteiger partial charge in [-0.2, -0.15) is 0 Å². The number of halogens is 1. The van der Waals surface area contributed by atoms with Crippen LogP contribution in [-0.2, 0) is 13.1 Å². The van der Waals surface area contributed by atoms with Crippen LogP contribution in [0, 0.1) is 0 Å². The van der Waals surface area contributed by atoms with E-state index in [9.17, 15) is 4.79 Å². The molecular weight excluding hydrogens is 348 g/mol. The SMILES string of the molecule is CCOc1ccc(C(=O)NCc2ccc(CN3CCCC3)cc2)cc1Cl. The number of carbonyl (C=O) groups is 1. The monoisotopic (exact) mass is 372 g/mol. The number of likely N-dealkylation sites (tertiary alicyclic amines) is 1. The zero-order valence-corrected chi connectivity index (χ0v) is 15.9. The Labute approximate surface area is 160 Å². The lowest BCUT2D eigenvalue weighted by Gasteiger charge is -2.14. The number of benzene rings is 2. The number of ether oxygens (including phenoxy) is 1. The predicted molar refractivity (Wildman–Crippen MR) is 105 cm³/mol. The van der Waals surface area contributed by atoms with Gasteiger partial charge in [0.25, 0.3) is 5.91 Å². The summed E-state index contributed by atoms with van der Waals surface area (Å²) in [5.74, 6) is 0.454. The van der Waals surface area contributed by atoms with Crippen LogP contribution < -0.4 is 10.1 Å². The third-order valence-corrected chi connectivity index (χ3v) is 4.87. The number of rotatable bonds is 7. The molecule has 1 heterocycles. The number of nitrogens with zero attached hydrogens (tertiary/aromatic N) is 1. The molecule has 3 rings (SSSR count). The van der Waals surface area contributed by atoms with Crippen LogP contribution in [-0.4, -0.2) is 30.5 Å². The lowest BCUT2D eigenvalue weighted by atomic mass is 10.1. The molecule has 1 saturated heterocycles. The lowest BCUT2D eigenvalue weighted by molar-refractivity contribution is 0.0951. The second-order valence-electron chi connectivity index (χ2n) is 6.56. The minimum absolute atomic E-state index is 0.143. The summed E-state index contributed by atoms with van der Waals surface area (Å²) < 4.78 is 5.39. The molecular formula is C21H25ClN2O2. The molecule has 1 N–H and O–H groups in total. The molecule has 0 spiro atoms. The van der Waals surface area contributed by atoms with E-state index in [1.54, 1.807) is 18.2 Å². The molecule has 4 nitrogen and oxygen atoms in total. The third-order valence-electron chi connectivity index (χ3n) is 4.57. The van der Waals surface area contributed by atoms with Gasteiger partial charge in [-0.15, -0.1) is 0 Å². The van der Waals surface area contributed by atoms with Crippen molar-refractivity contribution in [2.24, 2.45) is 0 Å². The molecule has 0 saturated carbocycles. The van der Waals surface area contributed by atoms with E-state index in [0.717, 1.165) is 12.1 Å². The van der Waals surface area contributed by atoms with Crippen LogP contribution in [0.4, 0.5) is 0 Å². The maximum absolute atomic E-state index is 12.3. The minimum atomic E-state index is -0.143. The van der Waals surface area contributed by atoms with Crippen molar-refractivity contribution in [2.75, 3.05) is 19.7 Å². The average Bonchev–Trinajstić information content (AvgIpc) is 3.16. The quantitative estimate of drug-likeness (QED) is 0.789. The van der Waals surface area contributed by atoms with E-state index < -0.39 is 0 Å². The van der Waals surface area contributed by atoms with Gasteiger partial charge >= 0.3 is 0 Å². The maximum atomic E-state index is 12.3. The Morgan fingerprint density at radius 2 is 1.81 bits per heavy atom. The molecule has 5 heteroatoms. The van der Waals surface area contributed by atoms with Gasteiger partial charge in [0.15, 0.2) is 0 Å². The van der Waals surface area contributed by atoms with E-state index in [-0.39, 0.29) is 5.91 Å². The predicted octanol–water partition coefficient (Wildman–Crippen LogP) is 4.26. The molecule has 138 valence electrons. The van der Waals surface area contributed by atoms with Gasteiger partial charge in [0.1, 0.15) is 5.75 Å². The van der Waals surface area contributed by atoms with Gasteiger partial charge in [0.05, 0.1) is 11.6 Å². The van der Waals surface area contributed by atoms with Crippen LogP contribution in [0.15, 0.2) is 42.5 Å². The van der Waals surface area contributed by atoms with Crippen molar-refractivity contribution in [3.8, 4) is 5.75 Å². The first kappa shape index (κ1) is 18.7. The van der Waals surface area contributed by atoms with Crippen LogP contribution >= 0.6 is 11.6 Å². The summed E-state index contributed by atoms with van der Waals surface area (Å²) in [6.45, 7) is 6.34. The molecule has 1 aliphatic heterocycles. The Hall–Kier alpha value is -2.04. The summed E-state index contributed by atoms with van der Waals surface area (Å²) in [7, 11) is 0. The van der Waals surface area contributed by atoms with Crippen molar-refractivity contribution >= 4 is 17.5 Å². The fourth-order valence-corrected chi connectivity index (χ4v) is 3.40. The summed E-state index contributed by atoms with van der Waals surface area (Å²) in [5.41, 5.74) is 2.94. The highest BCUT2D eigenvalue weighted by atomic mass is 35.5. The van der Waals surface area contributed by atoms with Crippen molar-refractivity contribution in [1.82, 2.24) is 10.2 Å². The Balaban J connectivity index is 1.53. The van der Waals surface area contributed by atoms with Gasteiger partial charge in [-0.3, -0.25) is 9.69 Å². The van der Waals surface area contributed by atoms with Gasteiger partial charge in [-0.1, -0.05) is 35.9 Å². The van der Waals surface area contributed by atoms with Crippen LogP contribution in [0.25, 0.3) is 0 Å².